The van der Waals surface area contributed by atoms with Crippen molar-refractivity contribution >= 4 is 21.8 Å². The van der Waals surface area contributed by atoms with E-state index in [1.807, 2.05) is 43.3 Å². The maximum absolute atomic E-state index is 12.0. The van der Waals surface area contributed by atoms with E-state index in [4.69, 9.17) is 5.26 Å². The minimum absolute atomic E-state index is 0.0193. The zero-order valence-electron chi connectivity index (χ0n) is 11.6. The minimum Gasteiger partial charge on any atom is -0.349 e. The molecule has 0 aliphatic heterocycles. The molecule has 0 radical (unpaired) electrons. The number of amides is 1. The average molecular weight is 343 g/mol. The first-order valence-corrected chi connectivity index (χ1v) is 7.41. The molecule has 0 heterocycles. The Kier molecular flexibility index (Phi) is 5.13. The molecule has 1 N–H and O–H groups in total. The highest BCUT2D eigenvalue weighted by atomic mass is 79.9. The van der Waals surface area contributed by atoms with Crippen molar-refractivity contribution < 1.29 is 4.79 Å². The van der Waals surface area contributed by atoms with Gasteiger partial charge in [0, 0.05) is 4.47 Å². The lowest BCUT2D eigenvalue weighted by Gasteiger charge is -2.14. The van der Waals surface area contributed by atoms with E-state index in [0.717, 1.165) is 15.6 Å². The highest BCUT2D eigenvalue weighted by Gasteiger charge is 2.10. The number of carbonyl (C=O) groups is 1. The van der Waals surface area contributed by atoms with Crippen LogP contribution in [0.3, 0.4) is 0 Å². The first-order valence-electron chi connectivity index (χ1n) is 6.62. The smallest absolute Gasteiger partial charge is 0.224 e. The van der Waals surface area contributed by atoms with Crippen molar-refractivity contribution in [1.82, 2.24) is 5.32 Å². The minimum atomic E-state index is -0.0827. The van der Waals surface area contributed by atoms with Gasteiger partial charge in [-0.15, -0.1) is 0 Å². The molecular formula is C17H15BrN2O. The Morgan fingerprint density at radius 2 is 1.81 bits per heavy atom. The summed E-state index contributed by atoms with van der Waals surface area (Å²) < 4.78 is 0.998. The molecule has 1 atom stereocenters. The monoisotopic (exact) mass is 342 g/mol. The van der Waals surface area contributed by atoms with Crippen LogP contribution in [0.2, 0.25) is 0 Å². The lowest BCUT2D eigenvalue weighted by molar-refractivity contribution is -0.121. The largest absolute Gasteiger partial charge is 0.349 e. The van der Waals surface area contributed by atoms with Crippen LogP contribution >= 0.6 is 15.9 Å². The van der Waals surface area contributed by atoms with E-state index < -0.39 is 0 Å². The predicted molar refractivity (Wildman–Crippen MR) is 85.6 cm³/mol. The zero-order chi connectivity index (χ0) is 15.2. The lowest BCUT2D eigenvalue weighted by Crippen LogP contribution is -2.28. The van der Waals surface area contributed by atoms with Crippen molar-refractivity contribution in [2.45, 2.75) is 19.4 Å². The van der Waals surface area contributed by atoms with Crippen LogP contribution in [0.4, 0.5) is 0 Å². The normalized spacial score (nSPS) is 11.5. The molecule has 21 heavy (non-hydrogen) atoms. The average Bonchev–Trinajstić information content (AvgIpc) is 2.49. The number of nitrogens with one attached hydrogen (secondary N) is 1. The molecule has 2 aromatic rings. The number of carbonyl (C=O) groups excluding carboxylic acids is 1. The summed E-state index contributed by atoms with van der Waals surface area (Å²) in [6, 6.07) is 16.9. The van der Waals surface area contributed by atoms with Gasteiger partial charge in [0.25, 0.3) is 0 Å². The number of benzene rings is 2. The van der Waals surface area contributed by atoms with Crippen LogP contribution in [0.1, 0.15) is 29.7 Å². The Hall–Kier alpha value is -2.12. The van der Waals surface area contributed by atoms with Gasteiger partial charge in [0.05, 0.1) is 24.1 Å². The van der Waals surface area contributed by atoms with Gasteiger partial charge >= 0.3 is 0 Å². The van der Waals surface area contributed by atoms with Gasteiger partial charge in [-0.1, -0.05) is 40.2 Å². The van der Waals surface area contributed by atoms with E-state index in [-0.39, 0.29) is 11.9 Å². The molecule has 0 fully saturated rings. The fourth-order valence-electron chi connectivity index (χ4n) is 2.01. The Morgan fingerprint density at radius 1 is 1.19 bits per heavy atom. The maximum atomic E-state index is 12.0. The molecule has 4 heteroatoms. The summed E-state index contributed by atoms with van der Waals surface area (Å²) in [4.78, 5) is 12.0. The van der Waals surface area contributed by atoms with Gasteiger partial charge in [-0.05, 0) is 42.3 Å². The molecule has 3 nitrogen and oxygen atoms in total. The lowest BCUT2D eigenvalue weighted by atomic mass is 10.1. The Morgan fingerprint density at radius 3 is 2.38 bits per heavy atom. The van der Waals surface area contributed by atoms with Gasteiger partial charge in [-0.25, -0.2) is 0 Å². The Labute approximate surface area is 132 Å². The van der Waals surface area contributed by atoms with Crippen LogP contribution in [0.5, 0.6) is 0 Å². The summed E-state index contributed by atoms with van der Waals surface area (Å²) in [5, 5.41) is 11.7. The van der Waals surface area contributed by atoms with Crippen molar-refractivity contribution in [3.63, 3.8) is 0 Å². The molecule has 2 aromatic carbocycles. The summed E-state index contributed by atoms with van der Waals surface area (Å²) in [7, 11) is 0. The molecule has 2 rings (SSSR count). The quantitative estimate of drug-likeness (QED) is 0.919. The van der Waals surface area contributed by atoms with Crippen LogP contribution in [-0.2, 0) is 11.2 Å². The number of hydrogen-bond acceptors (Lipinski definition) is 2. The number of rotatable bonds is 4. The Bertz CT molecular complexity index is 657. The molecule has 106 valence electrons. The number of hydrogen-bond donors (Lipinski definition) is 1. The number of nitriles is 1. The summed E-state index contributed by atoms with van der Waals surface area (Å²) in [5.74, 6) is -0.0193. The molecule has 0 aliphatic carbocycles. The summed E-state index contributed by atoms with van der Waals surface area (Å²) >= 11 is 3.37. The van der Waals surface area contributed by atoms with Crippen LogP contribution in [0.25, 0.3) is 0 Å². The van der Waals surface area contributed by atoms with Crippen molar-refractivity contribution in [3.05, 3.63) is 69.7 Å². The second-order valence-corrected chi connectivity index (χ2v) is 5.74. The van der Waals surface area contributed by atoms with Crippen LogP contribution in [-0.4, -0.2) is 5.91 Å². The van der Waals surface area contributed by atoms with E-state index in [2.05, 4.69) is 27.3 Å². The highest BCUT2D eigenvalue weighted by Crippen LogP contribution is 2.14. The van der Waals surface area contributed by atoms with E-state index in [0.29, 0.717) is 12.0 Å². The van der Waals surface area contributed by atoms with Crippen molar-refractivity contribution in [2.75, 3.05) is 0 Å². The van der Waals surface area contributed by atoms with E-state index >= 15 is 0 Å². The fourth-order valence-corrected chi connectivity index (χ4v) is 2.27. The second-order valence-electron chi connectivity index (χ2n) is 4.83. The molecule has 0 saturated heterocycles. The van der Waals surface area contributed by atoms with Gasteiger partial charge < -0.3 is 5.32 Å². The third kappa shape index (κ3) is 4.44. The van der Waals surface area contributed by atoms with Crippen LogP contribution in [0.15, 0.2) is 53.0 Å². The van der Waals surface area contributed by atoms with Gasteiger partial charge in [-0.3, -0.25) is 4.79 Å². The van der Waals surface area contributed by atoms with Crippen molar-refractivity contribution in [2.24, 2.45) is 0 Å². The third-order valence-electron chi connectivity index (χ3n) is 3.20. The van der Waals surface area contributed by atoms with E-state index in [1.54, 1.807) is 12.1 Å². The molecular weight excluding hydrogens is 328 g/mol. The van der Waals surface area contributed by atoms with Crippen LogP contribution in [0, 0.1) is 11.3 Å². The Balaban J connectivity index is 1.95. The van der Waals surface area contributed by atoms with E-state index in [9.17, 15) is 4.79 Å². The first kappa shape index (κ1) is 15.3. The van der Waals surface area contributed by atoms with Gasteiger partial charge in [-0.2, -0.15) is 5.26 Å². The third-order valence-corrected chi connectivity index (χ3v) is 3.72. The number of nitrogens with zero attached hydrogens (tertiary/aromatic N) is 1. The zero-order valence-corrected chi connectivity index (χ0v) is 13.2. The summed E-state index contributed by atoms with van der Waals surface area (Å²) in [6.45, 7) is 1.93. The molecule has 0 bridgehead atoms. The standard InChI is InChI=1S/C17H15BrN2O/c1-12(15-6-2-14(11-19)3-7-15)20-17(21)10-13-4-8-16(18)9-5-13/h2-9,12H,10H2,1H3,(H,20,21). The molecule has 0 aromatic heterocycles. The van der Waals surface area contributed by atoms with Gasteiger partial charge in [0.15, 0.2) is 0 Å². The topological polar surface area (TPSA) is 52.9 Å². The molecule has 0 spiro atoms. The molecule has 1 unspecified atom stereocenters. The second kappa shape index (κ2) is 7.05. The molecule has 1 amide bonds. The summed E-state index contributed by atoms with van der Waals surface area (Å²) in [5.41, 5.74) is 2.58. The highest BCUT2D eigenvalue weighted by molar-refractivity contribution is 9.10. The first-order chi connectivity index (χ1) is 10.1. The summed E-state index contributed by atoms with van der Waals surface area (Å²) in [6.07, 6.45) is 0.355. The van der Waals surface area contributed by atoms with Crippen molar-refractivity contribution in [3.8, 4) is 6.07 Å². The van der Waals surface area contributed by atoms with E-state index in [1.165, 1.54) is 0 Å². The molecule has 0 aliphatic rings. The maximum Gasteiger partial charge on any atom is 0.224 e. The van der Waals surface area contributed by atoms with Crippen molar-refractivity contribution in [1.29, 1.82) is 5.26 Å². The predicted octanol–water partition coefficient (Wildman–Crippen LogP) is 3.74. The SMILES string of the molecule is CC(NC(=O)Cc1ccc(Br)cc1)c1ccc(C#N)cc1. The van der Waals surface area contributed by atoms with Gasteiger partial charge in [0.2, 0.25) is 5.91 Å². The number of halogens is 1. The van der Waals surface area contributed by atoms with Gasteiger partial charge in [0.1, 0.15) is 0 Å². The molecule has 0 saturated carbocycles. The fraction of sp³-hybridized carbons (Fsp3) is 0.176. The van der Waals surface area contributed by atoms with Crippen LogP contribution < -0.4 is 5.32 Å².